The molecule has 1 aromatic heterocycles. The minimum absolute atomic E-state index is 0.0164. The van der Waals surface area contributed by atoms with E-state index in [0.717, 1.165) is 0 Å². The SMILES string of the molecule is COc1cc(CO)cc2c1OC1C2C(C(=O)NCCO)=CC(N(CCc2cccc(F)c2)C(=O)c2cc3cccc(OC)c3o2)C1O. The summed E-state index contributed by atoms with van der Waals surface area (Å²) in [6, 6.07) is 15.0. The minimum atomic E-state index is -1.35. The molecule has 0 saturated heterocycles. The Bertz CT molecular complexity index is 1840. The number of hydrogen-bond acceptors (Lipinski definition) is 9. The number of furan rings is 1. The van der Waals surface area contributed by atoms with Crippen molar-refractivity contribution in [3.63, 3.8) is 0 Å². The summed E-state index contributed by atoms with van der Waals surface area (Å²) in [6.07, 6.45) is -0.627. The van der Waals surface area contributed by atoms with Crippen LogP contribution in [0.4, 0.5) is 4.39 Å². The number of methoxy groups -OCH3 is 2. The van der Waals surface area contributed by atoms with Crippen LogP contribution in [0.3, 0.4) is 0 Å². The van der Waals surface area contributed by atoms with Crippen LogP contribution < -0.4 is 19.5 Å². The van der Waals surface area contributed by atoms with Gasteiger partial charge in [-0.25, -0.2) is 4.39 Å². The molecule has 1 aliphatic heterocycles. The molecule has 0 bridgehead atoms. The Labute approximate surface area is 269 Å². The second-order valence-electron chi connectivity index (χ2n) is 11.4. The molecule has 12 heteroatoms. The monoisotopic (exact) mass is 646 g/mol. The smallest absolute Gasteiger partial charge is 0.290 e. The molecule has 4 N–H and O–H groups in total. The topological polar surface area (TPSA) is 151 Å². The Hall–Kier alpha value is -4.91. The number of rotatable bonds is 11. The van der Waals surface area contributed by atoms with Crippen molar-refractivity contribution in [1.82, 2.24) is 10.2 Å². The summed E-state index contributed by atoms with van der Waals surface area (Å²) in [5, 5.41) is 34.6. The second-order valence-corrected chi connectivity index (χ2v) is 11.4. The minimum Gasteiger partial charge on any atom is -0.493 e. The molecule has 0 fully saturated rings. The number of hydrogen-bond donors (Lipinski definition) is 4. The second kappa shape index (κ2) is 13.4. The van der Waals surface area contributed by atoms with Crippen molar-refractivity contribution in [2.45, 2.75) is 37.2 Å². The molecule has 0 saturated carbocycles. The molecular formula is C35H35FN2O9. The average molecular weight is 647 g/mol. The molecule has 4 aromatic rings. The van der Waals surface area contributed by atoms with Crippen molar-refractivity contribution in [3.05, 3.63) is 101 Å². The van der Waals surface area contributed by atoms with E-state index in [9.17, 15) is 29.3 Å². The van der Waals surface area contributed by atoms with Gasteiger partial charge in [0.1, 0.15) is 18.0 Å². The van der Waals surface area contributed by atoms with Crippen molar-refractivity contribution in [1.29, 1.82) is 0 Å². The highest BCUT2D eigenvalue weighted by molar-refractivity contribution is 5.99. The molecule has 2 heterocycles. The van der Waals surface area contributed by atoms with Crippen LogP contribution in [0.25, 0.3) is 11.0 Å². The van der Waals surface area contributed by atoms with Gasteiger partial charge in [0.15, 0.2) is 28.6 Å². The quantitative estimate of drug-likeness (QED) is 0.193. The van der Waals surface area contributed by atoms with E-state index in [0.29, 0.717) is 44.9 Å². The standard InChI is InChI=1S/C35H35FN2O9/c1-44-26-8-4-6-21-16-28(46-31(21)26)35(43)38(11-9-19-5-3-7-22(36)13-19)25-17-24(34(42)37-10-12-39)29-23-14-20(18-40)15-27(45-2)32(23)47-33(29)30(25)41/h3-8,13-17,25,29-30,33,39-41H,9-12,18H2,1-2H3,(H,37,42). The summed E-state index contributed by atoms with van der Waals surface area (Å²) in [4.78, 5) is 29.4. The van der Waals surface area contributed by atoms with E-state index in [2.05, 4.69) is 5.32 Å². The van der Waals surface area contributed by atoms with Crippen molar-refractivity contribution in [2.24, 2.45) is 0 Å². The van der Waals surface area contributed by atoms with Gasteiger partial charge in [-0.15, -0.1) is 0 Å². The summed E-state index contributed by atoms with van der Waals surface area (Å²) in [6.45, 7) is -0.616. The number of para-hydroxylation sites is 1. The van der Waals surface area contributed by atoms with Crippen LogP contribution in [0.5, 0.6) is 17.2 Å². The third kappa shape index (κ3) is 6.02. The number of aliphatic hydroxyl groups is 3. The van der Waals surface area contributed by atoms with Gasteiger partial charge in [-0.3, -0.25) is 9.59 Å². The molecule has 11 nitrogen and oxygen atoms in total. The number of carbonyl (C=O) groups excluding carboxylic acids is 2. The normalized spacial score (nSPS) is 19.7. The molecule has 246 valence electrons. The van der Waals surface area contributed by atoms with Gasteiger partial charge in [-0.2, -0.15) is 0 Å². The van der Waals surface area contributed by atoms with Crippen molar-refractivity contribution >= 4 is 22.8 Å². The molecule has 1 aliphatic carbocycles. The molecule has 0 radical (unpaired) electrons. The van der Waals surface area contributed by atoms with E-state index in [1.165, 1.54) is 37.3 Å². The lowest BCUT2D eigenvalue weighted by Gasteiger charge is -2.40. The van der Waals surface area contributed by atoms with Gasteiger partial charge in [-0.05, 0) is 60.0 Å². The lowest BCUT2D eigenvalue weighted by molar-refractivity contribution is -0.118. The first-order valence-corrected chi connectivity index (χ1v) is 15.2. The fourth-order valence-corrected chi connectivity index (χ4v) is 6.39. The van der Waals surface area contributed by atoms with Crippen molar-refractivity contribution in [2.75, 3.05) is 33.9 Å². The van der Waals surface area contributed by atoms with Gasteiger partial charge in [0.2, 0.25) is 5.91 Å². The van der Waals surface area contributed by atoms with Crippen LogP contribution in [-0.4, -0.2) is 84.2 Å². The lowest BCUT2D eigenvalue weighted by atomic mass is 9.77. The predicted octanol–water partition coefficient (Wildman–Crippen LogP) is 3.09. The third-order valence-corrected chi connectivity index (χ3v) is 8.58. The van der Waals surface area contributed by atoms with E-state index in [1.807, 2.05) is 0 Å². The fourth-order valence-electron chi connectivity index (χ4n) is 6.39. The van der Waals surface area contributed by atoms with Gasteiger partial charge in [0.05, 0.1) is 39.4 Å². The molecular weight excluding hydrogens is 611 g/mol. The van der Waals surface area contributed by atoms with Crippen LogP contribution in [0.15, 0.2) is 76.7 Å². The molecule has 3 aromatic carbocycles. The number of nitrogens with zero attached hydrogens (tertiary/aromatic N) is 1. The number of benzene rings is 3. The summed E-state index contributed by atoms with van der Waals surface area (Å²) in [7, 11) is 2.94. The molecule has 2 aliphatic rings. The van der Waals surface area contributed by atoms with Crippen LogP contribution in [0.2, 0.25) is 0 Å². The van der Waals surface area contributed by atoms with Gasteiger partial charge >= 0.3 is 0 Å². The maximum atomic E-state index is 14.3. The Morgan fingerprint density at radius 3 is 2.51 bits per heavy atom. The maximum Gasteiger partial charge on any atom is 0.290 e. The fraction of sp³-hybridized carbons (Fsp3) is 0.314. The highest BCUT2D eigenvalue weighted by Gasteiger charge is 2.51. The Kier molecular flexibility index (Phi) is 9.17. The van der Waals surface area contributed by atoms with Gasteiger partial charge in [-0.1, -0.05) is 24.3 Å². The third-order valence-electron chi connectivity index (χ3n) is 8.58. The van der Waals surface area contributed by atoms with Gasteiger partial charge in [0.25, 0.3) is 5.91 Å². The van der Waals surface area contributed by atoms with E-state index in [1.54, 1.807) is 48.5 Å². The molecule has 2 amide bonds. The van der Waals surface area contributed by atoms with Crippen LogP contribution >= 0.6 is 0 Å². The lowest BCUT2D eigenvalue weighted by Crippen LogP contribution is -2.56. The van der Waals surface area contributed by atoms with Crippen LogP contribution in [0.1, 0.15) is 33.2 Å². The Morgan fingerprint density at radius 1 is 1.00 bits per heavy atom. The summed E-state index contributed by atoms with van der Waals surface area (Å²) in [5.74, 6) is -1.29. The van der Waals surface area contributed by atoms with Gasteiger partial charge in [0, 0.05) is 29.6 Å². The number of amides is 2. The molecule has 0 spiro atoms. The number of carbonyl (C=O) groups is 2. The number of halogens is 1. The predicted molar refractivity (Wildman–Crippen MR) is 168 cm³/mol. The zero-order valence-corrected chi connectivity index (χ0v) is 25.8. The average Bonchev–Trinajstić information content (AvgIpc) is 3.70. The Morgan fingerprint density at radius 2 is 1.79 bits per heavy atom. The number of nitrogens with one attached hydrogen (secondary N) is 1. The molecule has 6 rings (SSSR count). The number of aliphatic hydroxyl groups excluding tert-OH is 3. The van der Waals surface area contributed by atoms with Crippen molar-refractivity contribution in [3.8, 4) is 17.2 Å². The number of ether oxygens (including phenoxy) is 3. The zero-order valence-electron chi connectivity index (χ0n) is 25.8. The largest absolute Gasteiger partial charge is 0.493 e. The summed E-state index contributed by atoms with van der Waals surface area (Å²) < 4.78 is 37.3. The van der Waals surface area contributed by atoms with Crippen LogP contribution in [0, 0.1) is 5.82 Å². The van der Waals surface area contributed by atoms with E-state index in [4.69, 9.17) is 18.6 Å². The zero-order chi connectivity index (χ0) is 33.2. The first kappa shape index (κ1) is 32.0. The maximum absolute atomic E-state index is 14.3. The molecule has 47 heavy (non-hydrogen) atoms. The Balaban J connectivity index is 1.45. The van der Waals surface area contributed by atoms with E-state index >= 15 is 0 Å². The highest BCUT2D eigenvalue weighted by Crippen LogP contribution is 2.51. The first-order chi connectivity index (χ1) is 22.8. The molecule has 4 atom stereocenters. The van der Waals surface area contributed by atoms with E-state index < -0.39 is 41.8 Å². The highest BCUT2D eigenvalue weighted by atomic mass is 19.1. The summed E-state index contributed by atoms with van der Waals surface area (Å²) >= 11 is 0. The number of fused-ring (bicyclic) bond motifs is 4. The van der Waals surface area contributed by atoms with Crippen LogP contribution in [-0.2, 0) is 17.8 Å². The van der Waals surface area contributed by atoms with Crippen molar-refractivity contribution < 1.29 is 47.9 Å². The molecule has 4 unspecified atom stereocenters. The van der Waals surface area contributed by atoms with E-state index in [-0.39, 0.29) is 44.1 Å². The van der Waals surface area contributed by atoms with Gasteiger partial charge < -0.3 is 44.2 Å². The summed E-state index contributed by atoms with van der Waals surface area (Å²) in [5.41, 5.74) is 2.23. The first-order valence-electron chi connectivity index (χ1n) is 15.2.